The molecule has 0 saturated carbocycles. The molecular formula is C22H21ClF3N7O2. The van der Waals surface area contributed by atoms with Crippen LogP contribution >= 0.6 is 11.6 Å². The largest absolute Gasteiger partial charge is 0.573 e. The Balaban J connectivity index is 1.47. The molecule has 2 heterocycles. The summed E-state index contributed by atoms with van der Waals surface area (Å²) in [5.74, 6) is -0.423. The van der Waals surface area contributed by atoms with Crippen LogP contribution in [0.15, 0.2) is 59.0 Å². The molecule has 0 radical (unpaired) electrons. The standard InChI is InChI=1S/C22H21ClF3N7O2/c23-18-13-15(8-9-16(18)17-5-1-2-6-19(17)35-22(24,25)26)28-29-20-7-3-4-11-33(20)21(34)10-12-32-14-27-30-31-32/h1-2,5-6,8-9,13-14,20H,3-4,7,10-12H2/t20-/m1/s1. The number of rotatable bonds is 7. The lowest BCUT2D eigenvalue weighted by molar-refractivity contribution is -0.274. The van der Waals surface area contributed by atoms with Crippen molar-refractivity contribution in [2.75, 3.05) is 6.54 Å². The monoisotopic (exact) mass is 507 g/mol. The Morgan fingerprint density at radius 1 is 1.17 bits per heavy atom. The Labute approximate surface area is 203 Å². The summed E-state index contributed by atoms with van der Waals surface area (Å²) < 4.78 is 43.9. The van der Waals surface area contributed by atoms with Gasteiger partial charge in [0.05, 0.1) is 17.3 Å². The molecule has 1 saturated heterocycles. The number of piperidine rings is 1. The third kappa shape index (κ3) is 6.53. The summed E-state index contributed by atoms with van der Waals surface area (Å²) >= 11 is 6.38. The molecule has 0 spiro atoms. The number of azo groups is 1. The second-order valence-corrected chi connectivity index (χ2v) is 8.22. The first-order valence-electron chi connectivity index (χ1n) is 10.9. The maximum absolute atomic E-state index is 12.8. The number of halogens is 4. The van der Waals surface area contributed by atoms with Gasteiger partial charge in [-0.05, 0) is 47.9 Å². The van der Waals surface area contributed by atoms with Crippen LogP contribution in [0.5, 0.6) is 5.75 Å². The number of aromatic nitrogens is 4. The van der Waals surface area contributed by atoms with Gasteiger partial charge in [0.2, 0.25) is 5.91 Å². The lowest BCUT2D eigenvalue weighted by Gasteiger charge is -2.32. The summed E-state index contributed by atoms with van der Waals surface area (Å²) in [4.78, 5) is 14.4. The Hall–Kier alpha value is -3.54. The van der Waals surface area contributed by atoms with Gasteiger partial charge in [-0.25, -0.2) is 4.68 Å². The van der Waals surface area contributed by atoms with E-state index < -0.39 is 12.5 Å². The van der Waals surface area contributed by atoms with Crippen molar-refractivity contribution in [2.24, 2.45) is 10.2 Å². The number of alkyl halides is 3. The van der Waals surface area contributed by atoms with Gasteiger partial charge in [-0.3, -0.25) is 4.79 Å². The zero-order valence-electron chi connectivity index (χ0n) is 18.4. The van der Waals surface area contributed by atoms with E-state index in [9.17, 15) is 18.0 Å². The molecule has 1 aliphatic heterocycles. The molecule has 1 aromatic heterocycles. The first-order valence-corrected chi connectivity index (χ1v) is 11.2. The van der Waals surface area contributed by atoms with Crippen molar-refractivity contribution in [3.63, 3.8) is 0 Å². The van der Waals surface area contributed by atoms with Crippen LogP contribution in [0.1, 0.15) is 25.7 Å². The van der Waals surface area contributed by atoms with Crippen LogP contribution in [0.3, 0.4) is 0 Å². The number of para-hydroxylation sites is 1. The SMILES string of the molecule is O=C(CCn1cnnn1)N1CCCC[C@@H]1N=Nc1ccc(-c2ccccc2OC(F)(F)F)c(Cl)c1. The lowest BCUT2D eigenvalue weighted by Crippen LogP contribution is -2.42. The molecule has 0 N–H and O–H groups in total. The number of aryl methyl sites for hydroxylation is 1. The van der Waals surface area contributed by atoms with E-state index in [0.29, 0.717) is 30.8 Å². The zero-order valence-corrected chi connectivity index (χ0v) is 19.2. The highest BCUT2D eigenvalue weighted by Gasteiger charge is 2.32. The fourth-order valence-electron chi connectivity index (χ4n) is 3.78. The minimum atomic E-state index is -4.83. The molecule has 9 nitrogen and oxygen atoms in total. The van der Waals surface area contributed by atoms with Crippen molar-refractivity contribution in [1.82, 2.24) is 25.1 Å². The zero-order chi connectivity index (χ0) is 24.8. The highest BCUT2D eigenvalue weighted by Crippen LogP contribution is 2.38. The van der Waals surface area contributed by atoms with Gasteiger partial charge in [0.25, 0.3) is 0 Å². The second-order valence-electron chi connectivity index (χ2n) is 7.81. The number of ether oxygens (including phenoxy) is 1. The predicted octanol–water partition coefficient (Wildman–Crippen LogP) is 5.40. The van der Waals surface area contributed by atoms with Crippen LogP contribution in [0.25, 0.3) is 11.1 Å². The van der Waals surface area contributed by atoms with Gasteiger partial charge in [0.15, 0.2) is 0 Å². The molecule has 0 unspecified atom stereocenters. The van der Waals surface area contributed by atoms with E-state index >= 15 is 0 Å². The second kappa shape index (κ2) is 10.8. The Morgan fingerprint density at radius 2 is 2.00 bits per heavy atom. The molecule has 1 atom stereocenters. The van der Waals surface area contributed by atoms with Crippen molar-refractivity contribution < 1.29 is 22.7 Å². The number of carbonyl (C=O) groups is 1. The van der Waals surface area contributed by atoms with Crippen molar-refractivity contribution in [2.45, 2.75) is 44.8 Å². The molecule has 35 heavy (non-hydrogen) atoms. The summed E-state index contributed by atoms with van der Waals surface area (Å²) in [6, 6.07) is 10.4. The molecule has 0 aliphatic carbocycles. The maximum Gasteiger partial charge on any atom is 0.573 e. The van der Waals surface area contributed by atoms with Crippen LogP contribution in [-0.2, 0) is 11.3 Å². The lowest BCUT2D eigenvalue weighted by atomic mass is 10.0. The van der Waals surface area contributed by atoms with Gasteiger partial charge in [-0.2, -0.15) is 10.2 Å². The van der Waals surface area contributed by atoms with E-state index in [2.05, 4.69) is 30.5 Å². The topological polar surface area (TPSA) is 97.9 Å². The van der Waals surface area contributed by atoms with E-state index in [1.807, 2.05) is 0 Å². The third-order valence-electron chi connectivity index (χ3n) is 5.40. The molecule has 13 heteroatoms. The average Bonchev–Trinajstić information content (AvgIpc) is 3.35. The van der Waals surface area contributed by atoms with Crippen molar-refractivity contribution in [3.8, 4) is 16.9 Å². The van der Waals surface area contributed by atoms with Gasteiger partial charge >= 0.3 is 6.36 Å². The number of hydrogen-bond acceptors (Lipinski definition) is 7. The fourth-order valence-corrected chi connectivity index (χ4v) is 4.06. The fraction of sp³-hybridized carbons (Fsp3) is 0.364. The van der Waals surface area contributed by atoms with Gasteiger partial charge in [0.1, 0.15) is 18.2 Å². The van der Waals surface area contributed by atoms with Gasteiger partial charge in [-0.1, -0.05) is 35.9 Å². The molecule has 184 valence electrons. The smallest absolute Gasteiger partial charge is 0.405 e. The Kier molecular flexibility index (Phi) is 7.59. The number of nitrogens with zero attached hydrogens (tertiary/aromatic N) is 7. The van der Waals surface area contributed by atoms with Crippen molar-refractivity contribution >= 4 is 23.2 Å². The average molecular weight is 508 g/mol. The molecule has 1 aliphatic rings. The number of likely N-dealkylation sites (tertiary alicyclic amines) is 1. The number of amides is 1. The first-order chi connectivity index (χ1) is 16.8. The van der Waals surface area contributed by atoms with E-state index in [1.165, 1.54) is 35.3 Å². The Bertz CT molecular complexity index is 1190. The van der Waals surface area contributed by atoms with Gasteiger partial charge in [-0.15, -0.1) is 18.3 Å². The molecule has 0 bridgehead atoms. The summed E-state index contributed by atoms with van der Waals surface area (Å²) in [5, 5.41) is 19.7. The van der Waals surface area contributed by atoms with Crippen LogP contribution in [0.4, 0.5) is 18.9 Å². The minimum absolute atomic E-state index is 0.0706. The quantitative estimate of drug-likeness (QED) is 0.398. The number of carbonyl (C=O) groups excluding carboxylic acids is 1. The van der Waals surface area contributed by atoms with E-state index in [-0.39, 0.29) is 28.7 Å². The molecule has 3 aromatic rings. The van der Waals surface area contributed by atoms with Crippen LogP contribution in [0.2, 0.25) is 5.02 Å². The molecule has 2 aromatic carbocycles. The predicted molar refractivity (Wildman–Crippen MR) is 120 cm³/mol. The Morgan fingerprint density at radius 3 is 2.74 bits per heavy atom. The molecule has 1 fully saturated rings. The van der Waals surface area contributed by atoms with Crippen LogP contribution in [0, 0.1) is 0 Å². The normalized spacial score (nSPS) is 16.6. The van der Waals surface area contributed by atoms with Gasteiger partial charge in [0, 0.05) is 24.1 Å². The van der Waals surface area contributed by atoms with Gasteiger partial charge < -0.3 is 9.64 Å². The highest BCUT2D eigenvalue weighted by atomic mass is 35.5. The van der Waals surface area contributed by atoms with E-state index in [1.54, 1.807) is 23.1 Å². The third-order valence-corrected chi connectivity index (χ3v) is 5.71. The summed E-state index contributed by atoms with van der Waals surface area (Å²) in [6.07, 6.45) is -1.10. The molecular weight excluding hydrogens is 487 g/mol. The summed E-state index contributed by atoms with van der Waals surface area (Å²) in [5.41, 5.74) is 0.979. The molecule has 1 amide bonds. The first kappa shape index (κ1) is 24.6. The van der Waals surface area contributed by atoms with Crippen LogP contribution in [-0.4, -0.2) is 50.1 Å². The van der Waals surface area contributed by atoms with Crippen LogP contribution < -0.4 is 4.74 Å². The number of tetrazole rings is 1. The summed E-state index contributed by atoms with van der Waals surface area (Å²) in [7, 11) is 0. The van der Waals surface area contributed by atoms with Crippen molar-refractivity contribution in [1.29, 1.82) is 0 Å². The van der Waals surface area contributed by atoms with Crippen molar-refractivity contribution in [3.05, 3.63) is 53.8 Å². The maximum atomic E-state index is 12.8. The number of benzene rings is 2. The number of hydrogen-bond donors (Lipinski definition) is 0. The summed E-state index contributed by atoms with van der Waals surface area (Å²) in [6.45, 7) is 0.941. The molecule has 4 rings (SSSR count). The minimum Gasteiger partial charge on any atom is -0.405 e. The van der Waals surface area contributed by atoms with E-state index in [0.717, 1.165) is 12.8 Å². The van der Waals surface area contributed by atoms with E-state index in [4.69, 9.17) is 11.6 Å². The highest BCUT2D eigenvalue weighted by molar-refractivity contribution is 6.33.